The Bertz CT molecular complexity index is 1360. The number of carbonyl (C=O) groups excluding carboxylic acids is 2. The average Bonchev–Trinajstić information content (AvgIpc) is 3.01. The maximum atomic E-state index is 13.6. The smallest absolute Gasteiger partial charge is 0.243 e. The molecule has 9 nitrogen and oxygen atoms in total. The van der Waals surface area contributed by atoms with Crippen LogP contribution in [0.15, 0.2) is 91.0 Å². The van der Waals surface area contributed by atoms with Crippen LogP contribution in [0.2, 0.25) is 0 Å². The van der Waals surface area contributed by atoms with Gasteiger partial charge in [-0.3, -0.25) is 9.59 Å². The number of nitrogens with two attached hydrogens (primary N) is 1. The average molecular weight is 608 g/mol. The number of nitrogens with one attached hydrogen (secondary N) is 3. The minimum atomic E-state index is -3.83. The van der Waals surface area contributed by atoms with Crippen LogP contribution in [0.1, 0.15) is 30.0 Å². The number of rotatable bonds is 18. The van der Waals surface area contributed by atoms with Crippen molar-refractivity contribution >= 4 is 21.8 Å². The van der Waals surface area contributed by atoms with Crippen LogP contribution in [0.25, 0.3) is 0 Å². The van der Waals surface area contributed by atoms with E-state index in [9.17, 15) is 18.0 Å². The van der Waals surface area contributed by atoms with Crippen LogP contribution in [0.5, 0.6) is 0 Å². The summed E-state index contributed by atoms with van der Waals surface area (Å²) in [4.78, 5) is 27.0. The van der Waals surface area contributed by atoms with Gasteiger partial charge in [0.15, 0.2) is 0 Å². The fraction of sp³-hybridized carbons (Fsp3) is 0.394. The Morgan fingerprint density at radius 1 is 0.767 bits per heavy atom. The largest absolute Gasteiger partial charge is 0.351 e. The summed E-state index contributed by atoms with van der Waals surface area (Å²) < 4.78 is 27.6. The first-order valence-electron chi connectivity index (χ1n) is 14.8. The zero-order valence-corrected chi connectivity index (χ0v) is 25.9. The number of carbonyl (C=O) groups is 2. The first-order chi connectivity index (χ1) is 20.7. The van der Waals surface area contributed by atoms with Gasteiger partial charge in [-0.05, 0) is 43.0 Å². The molecular weight excluding hydrogens is 562 g/mol. The van der Waals surface area contributed by atoms with Gasteiger partial charge in [0, 0.05) is 31.6 Å². The molecule has 2 amide bonds. The van der Waals surface area contributed by atoms with E-state index in [0.29, 0.717) is 19.3 Å². The van der Waals surface area contributed by atoms with Crippen molar-refractivity contribution in [1.29, 1.82) is 0 Å². The van der Waals surface area contributed by atoms with Gasteiger partial charge in [-0.25, -0.2) is 8.42 Å². The number of sulfonamides is 1. The molecule has 3 atom stereocenters. The Morgan fingerprint density at radius 2 is 1.26 bits per heavy atom. The SMILES string of the molecule is CCC(Cc1ccccc1)NC(=O)C(Cc1ccccc1)NC(=O)CN(CC(Cc1ccccc1)NC)S(=O)(=O)CCN. The van der Waals surface area contributed by atoms with E-state index >= 15 is 0 Å². The van der Waals surface area contributed by atoms with Gasteiger partial charge in [0.2, 0.25) is 21.8 Å². The highest BCUT2D eigenvalue weighted by Gasteiger charge is 2.29. The monoisotopic (exact) mass is 607 g/mol. The predicted octanol–water partition coefficient (Wildman–Crippen LogP) is 2.27. The third kappa shape index (κ3) is 11.6. The predicted molar refractivity (Wildman–Crippen MR) is 172 cm³/mol. The summed E-state index contributed by atoms with van der Waals surface area (Å²) in [6.45, 7) is 1.59. The quantitative estimate of drug-likeness (QED) is 0.175. The summed E-state index contributed by atoms with van der Waals surface area (Å²) in [7, 11) is -2.07. The lowest BCUT2D eigenvalue weighted by Crippen LogP contribution is -2.54. The molecular formula is C33H45N5O4S. The number of nitrogens with zero attached hydrogens (tertiary/aromatic N) is 1. The van der Waals surface area contributed by atoms with E-state index in [4.69, 9.17) is 5.73 Å². The molecule has 43 heavy (non-hydrogen) atoms. The fourth-order valence-corrected chi connectivity index (χ4v) is 6.19. The number of benzene rings is 3. The third-order valence-electron chi connectivity index (χ3n) is 7.34. The molecule has 3 aromatic carbocycles. The summed E-state index contributed by atoms with van der Waals surface area (Å²) in [6.07, 6.45) is 2.22. The number of hydrogen-bond acceptors (Lipinski definition) is 6. The minimum Gasteiger partial charge on any atom is -0.351 e. The molecule has 0 aliphatic carbocycles. The Labute approximate surface area is 256 Å². The van der Waals surface area contributed by atoms with Gasteiger partial charge in [0.25, 0.3) is 0 Å². The Balaban J connectivity index is 1.76. The molecule has 0 aromatic heterocycles. The van der Waals surface area contributed by atoms with Crippen molar-refractivity contribution in [3.05, 3.63) is 108 Å². The zero-order chi connectivity index (χ0) is 31.1. The van der Waals surface area contributed by atoms with E-state index in [-0.39, 0.29) is 43.3 Å². The molecule has 10 heteroatoms. The summed E-state index contributed by atoms with van der Waals surface area (Å²) >= 11 is 0. The van der Waals surface area contributed by atoms with E-state index in [2.05, 4.69) is 16.0 Å². The normalized spacial score (nSPS) is 13.7. The molecule has 0 aliphatic heterocycles. The highest BCUT2D eigenvalue weighted by atomic mass is 32.2. The summed E-state index contributed by atoms with van der Waals surface area (Å²) in [5.41, 5.74) is 8.65. The maximum Gasteiger partial charge on any atom is 0.243 e. The van der Waals surface area contributed by atoms with Crippen LogP contribution in [0, 0.1) is 0 Å². The lowest BCUT2D eigenvalue weighted by molar-refractivity contribution is -0.129. The van der Waals surface area contributed by atoms with Gasteiger partial charge in [-0.15, -0.1) is 0 Å². The second-order valence-corrected chi connectivity index (χ2v) is 12.8. The van der Waals surface area contributed by atoms with Crippen LogP contribution < -0.4 is 21.7 Å². The highest BCUT2D eigenvalue weighted by molar-refractivity contribution is 7.89. The lowest BCUT2D eigenvalue weighted by atomic mass is 10.0. The Morgan fingerprint density at radius 3 is 1.72 bits per heavy atom. The van der Waals surface area contributed by atoms with Crippen molar-refractivity contribution < 1.29 is 18.0 Å². The topological polar surface area (TPSA) is 134 Å². The fourth-order valence-electron chi connectivity index (χ4n) is 4.91. The summed E-state index contributed by atoms with van der Waals surface area (Å²) in [5.74, 6) is -1.15. The van der Waals surface area contributed by atoms with E-state index in [1.165, 1.54) is 4.31 Å². The molecule has 3 rings (SSSR count). The van der Waals surface area contributed by atoms with E-state index in [0.717, 1.165) is 16.7 Å². The maximum absolute atomic E-state index is 13.6. The van der Waals surface area contributed by atoms with Crippen molar-refractivity contribution in [2.24, 2.45) is 5.73 Å². The molecule has 0 aliphatic rings. The third-order valence-corrected chi connectivity index (χ3v) is 9.16. The summed E-state index contributed by atoms with van der Waals surface area (Å²) in [6, 6.07) is 27.8. The van der Waals surface area contributed by atoms with Gasteiger partial charge in [0.05, 0.1) is 12.3 Å². The van der Waals surface area contributed by atoms with E-state index in [1.807, 2.05) is 97.9 Å². The minimum absolute atomic E-state index is 0.0672. The number of hydrogen-bond donors (Lipinski definition) is 4. The Hall–Kier alpha value is -3.57. The second kappa shape index (κ2) is 17.5. The molecule has 232 valence electrons. The molecule has 0 radical (unpaired) electrons. The zero-order valence-electron chi connectivity index (χ0n) is 25.1. The van der Waals surface area contributed by atoms with Crippen molar-refractivity contribution in [2.75, 3.05) is 32.4 Å². The van der Waals surface area contributed by atoms with Crippen molar-refractivity contribution in [3.63, 3.8) is 0 Å². The number of amides is 2. The van der Waals surface area contributed by atoms with Gasteiger partial charge in [0.1, 0.15) is 6.04 Å². The number of likely N-dealkylation sites (N-methyl/N-ethyl adjacent to an activating group) is 1. The molecule has 0 heterocycles. The van der Waals surface area contributed by atoms with Gasteiger partial charge >= 0.3 is 0 Å². The van der Waals surface area contributed by atoms with Gasteiger partial charge < -0.3 is 21.7 Å². The van der Waals surface area contributed by atoms with Gasteiger partial charge in [-0.2, -0.15) is 4.31 Å². The van der Waals surface area contributed by atoms with E-state index < -0.39 is 28.5 Å². The molecule has 0 spiro atoms. The summed E-state index contributed by atoms with van der Waals surface area (Å²) in [5, 5.41) is 9.11. The first kappa shape index (κ1) is 33.9. The Kier molecular flexibility index (Phi) is 13.8. The molecule has 3 unspecified atom stereocenters. The van der Waals surface area contributed by atoms with Crippen molar-refractivity contribution in [2.45, 2.75) is 50.7 Å². The van der Waals surface area contributed by atoms with Crippen molar-refractivity contribution in [1.82, 2.24) is 20.3 Å². The molecule has 0 bridgehead atoms. The van der Waals surface area contributed by atoms with Crippen LogP contribution >= 0.6 is 0 Å². The van der Waals surface area contributed by atoms with Crippen LogP contribution in [0.4, 0.5) is 0 Å². The molecule has 0 saturated heterocycles. The van der Waals surface area contributed by atoms with E-state index in [1.54, 1.807) is 7.05 Å². The first-order valence-corrected chi connectivity index (χ1v) is 16.4. The highest BCUT2D eigenvalue weighted by Crippen LogP contribution is 2.11. The molecule has 0 saturated carbocycles. The molecule has 3 aromatic rings. The van der Waals surface area contributed by atoms with Gasteiger partial charge in [-0.1, -0.05) is 97.9 Å². The second-order valence-electron chi connectivity index (χ2n) is 10.7. The molecule has 0 fully saturated rings. The van der Waals surface area contributed by atoms with Crippen LogP contribution in [-0.4, -0.2) is 75.1 Å². The van der Waals surface area contributed by atoms with Crippen molar-refractivity contribution in [3.8, 4) is 0 Å². The standard InChI is InChI=1S/C33H45N5O4S/c1-3-29(21-26-13-7-4-8-14-26)36-33(40)31(23-28-17-11-6-12-18-28)37-32(39)25-38(43(41,42)20-19-34)24-30(35-2)22-27-15-9-5-10-16-27/h4-18,29-31,35H,3,19-25,34H2,1-2H3,(H,36,40)(H,37,39). The van der Waals surface area contributed by atoms with Crippen LogP contribution in [0.3, 0.4) is 0 Å². The lowest BCUT2D eigenvalue weighted by Gasteiger charge is -2.28. The van der Waals surface area contributed by atoms with Crippen LogP contribution in [-0.2, 0) is 38.9 Å². The molecule has 5 N–H and O–H groups in total.